The first-order valence-electron chi connectivity index (χ1n) is 6.96. The fraction of sp³-hybridized carbons (Fsp3) is 0.0588. The number of carbonyl (C=O) groups is 1. The zero-order valence-corrected chi connectivity index (χ0v) is 12.5. The predicted octanol–water partition coefficient (Wildman–Crippen LogP) is 3.28. The van der Waals surface area contributed by atoms with Gasteiger partial charge in [-0.15, -0.1) is 0 Å². The molecule has 0 bridgehead atoms. The molecule has 7 heteroatoms. The lowest BCUT2D eigenvalue weighted by atomic mass is 10.1. The van der Waals surface area contributed by atoms with E-state index in [1.807, 2.05) is 0 Å². The van der Waals surface area contributed by atoms with Gasteiger partial charge >= 0.3 is 0 Å². The maximum Gasteiger partial charge on any atom is 0.221 e. The fourth-order valence-electron chi connectivity index (χ4n) is 2.35. The molecule has 0 aliphatic rings. The molecule has 0 unspecified atom stereocenters. The summed E-state index contributed by atoms with van der Waals surface area (Å²) in [7, 11) is 0. The molecule has 3 aromatic rings. The molecule has 3 N–H and O–H groups in total. The van der Waals surface area contributed by atoms with E-state index in [-0.39, 0.29) is 17.1 Å². The molecule has 5 nitrogen and oxygen atoms in total. The Morgan fingerprint density at radius 1 is 1.12 bits per heavy atom. The highest BCUT2D eigenvalue weighted by Crippen LogP contribution is 2.29. The standard InChI is InChI=1S/C17H12F2N2O3/c1-8(22)21-10-4-2-9(3-5-10)14-7-13(23)15-16(20)11(18)6-12(19)17(15)24-14/h2-7H,20H2,1H3,(H,21,22). The number of nitrogen functional groups attached to an aromatic ring is 1. The highest BCUT2D eigenvalue weighted by atomic mass is 19.1. The SMILES string of the molecule is CC(=O)Nc1ccc(-c2cc(=O)c3c(N)c(F)cc(F)c3o2)cc1. The van der Waals surface area contributed by atoms with Crippen molar-refractivity contribution in [3.05, 3.63) is 58.3 Å². The van der Waals surface area contributed by atoms with Gasteiger partial charge in [0, 0.05) is 30.3 Å². The second kappa shape index (κ2) is 5.77. The van der Waals surface area contributed by atoms with Gasteiger partial charge in [-0.05, 0) is 24.3 Å². The smallest absolute Gasteiger partial charge is 0.221 e. The third-order valence-electron chi connectivity index (χ3n) is 3.43. The lowest BCUT2D eigenvalue weighted by Crippen LogP contribution is -2.07. The van der Waals surface area contributed by atoms with Crippen molar-refractivity contribution in [2.45, 2.75) is 6.92 Å². The molecule has 122 valence electrons. The number of rotatable bonds is 2. The van der Waals surface area contributed by atoms with Crippen LogP contribution in [-0.2, 0) is 4.79 Å². The summed E-state index contributed by atoms with van der Waals surface area (Å²) in [6, 6.07) is 8.10. The van der Waals surface area contributed by atoms with E-state index in [2.05, 4.69) is 5.32 Å². The van der Waals surface area contributed by atoms with Gasteiger partial charge in [0.25, 0.3) is 0 Å². The predicted molar refractivity (Wildman–Crippen MR) is 86.6 cm³/mol. The molecule has 2 aromatic carbocycles. The summed E-state index contributed by atoms with van der Waals surface area (Å²) in [5, 5.41) is 2.27. The van der Waals surface area contributed by atoms with Crippen molar-refractivity contribution in [1.82, 2.24) is 0 Å². The molecule has 0 saturated heterocycles. The Morgan fingerprint density at radius 3 is 2.42 bits per heavy atom. The van der Waals surface area contributed by atoms with Gasteiger partial charge in [0.05, 0.1) is 11.1 Å². The van der Waals surface area contributed by atoms with Crippen molar-refractivity contribution in [1.29, 1.82) is 0 Å². The molecule has 0 spiro atoms. The Hall–Kier alpha value is -3.22. The average molecular weight is 330 g/mol. The van der Waals surface area contributed by atoms with Gasteiger partial charge in [0.2, 0.25) is 5.91 Å². The van der Waals surface area contributed by atoms with Crippen molar-refractivity contribution in [2.24, 2.45) is 0 Å². The number of amides is 1. The molecular formula is C17H12F2N2O3. The lowest BCUT2D eigenvalue weighted by molar-refractivity contribution is -0.114. The van der Waals surface area contributed by atoms with E-state index in [9.17, 15) is 18.4 Å². The van der Waals surface area contributed by atoms with Crippen LogP contribution >= 0.6 is 0 Å². The van der Waals surface area contributed by atoms with Crippen molar-refractivity contribution in [3.8, 4) is 11.3 Å². The summed E-state index contributed by atoms with van der Waals surface area (Å²) < 4.78 is 32.8. The minimum Gasteiger partial charge on any atom is -0.453 e. The zero-order chi connectivity index (χ0) is 17.4. The van der Waals surface area contributed by atoms with Gasteiger partial charge in [-0.1, -0.05) is 0 Å². The number of anilines is 2. The molecule has 1 heterocycles. The highest BCUT2D eigenvalue weighted by molar-refractivity contribution is 5.91. The summed E-state index contributed by atoms with van der Waals surface area (Å²) in [4.78, 5) is 23.2. The minimum absolute atomic E-state index is 0.104. The van der Waals surface area contributed by atoms with Crippen LogP contribution in [0.4, 0.5) is 20.2 Å². The summed E-state index contributed by atoms with van der Waals surface area (Å²) in [6.07, 6.45) is 0. The maximum absolute atomic E-state index is 13.9. The Kier molecular flexibility index (Phi) is 3.76. The second-order valence-corrected chi connectivity index (χ2v) is 5.19. The van der Waals surface area contributed by atoms with Gasteiger partial charge in [0.15, 0.2) is 16.8 Å². The maximum atomic E-state index is 13.9. The van der Waals surface area contributed by atoms with E-state index >= 15 is 0 Å². The van der Waals surface area contributed by atoms with E-state index in [4.69, 9.17) is 10.2 Å². The summed E-state index contributed by atoms with van der Waals surface area (Å²) >= 11 is 0. The van der Waals surface area contributed by atoms with Crippen LogP contribution in [0.3, 0.4) is 0 Å². The summed E-state index contributed by atoms with van der Waals surface area (Å²) in [5.41, 5.74) is 5.06. The van der Waals surface area contributed by atoms with Crippen LogP contribution in [0.15, 0.2) is 45.6 Å². The molecule has 24 heavy (non-hydrogen) atoms. The van der Waals surface area contributed by atoms with Crippen LogP contribution in [0, 0.1) is 11.6 Å². The normalized spacial score (nSPS) is 10.8. The lowest BCUT2D eigenvalue weighted by Gasteiger charge is -2.07. The molecule has 0 atom stereocenters. The van der Waals surface area contributed by atoms with E-state index in [1.165, 1.54) is 6.92 Å². The highest BCUT2D eigenvalue weighted by Gasteiger charge is 2.17. The van der Waals surface area contributed by atoms with Crippen molar-refractivity contribution < 1.29 is 18.0 Å². The van der Waals surface area contributed by atoms with Crippen LogP contribution in [0.1, 0.15) is 6.92 Å². The first kappa shape index (κ1) is 15.7. The largest absolute Gasteiger partial charge is 0.453 e. The molecule has 3 rings (SSSR count). The molecule has 0 radical (unpaired) electrons. The number of benzene rings is 2. The number of hydrogen-bond donors (Lipinski definition) is 2. The Morgan fingerprint density at radius 2 is 1.79 bits per heavy atom. The molecular weight excluding hydrogens is 318 g/mol. The topological polar surface area (TPSA) is 85.3 Å². The van der Waals surface area contributed by atoms with Crippen molar-refractivity contribution >= 4 is 28.3 Å². The Labute approximate surface area is 134 Å². The zero-order valence-electron chi connectivity index (χ0n) is 12.5. The Bertz CT molecular complexity index is 1010. The number of carbonyl (C=O) groups excluding carboxylic acids is 1. The third-order valence-corrected chi connectivity index (χ3v) is 3.43. The minimum atomic E-state index is -1.01. The first-order chi connectivity index (χ1) is 11.4. The summed E-state index contributed by atoms with van der Waals surface area (Å²) in [5.74, 6) is -2.14. The van der Waals surface area contributed by atoms with Crippen LogP contribution in [0.2, 0.25) is 0 Å². The van der Waals surface area contributed by atoms with E-state index in [0.717, 1.165) is 6.07 Å². The van der Waals surface area contributed by atoms with Gasteiger partial charge in [-0.3, -0.25) is 9.59 Å². The van der Waals surface area contributed by atoms with Crippen LogP contribution < -0.4 is 16.5 Å². The van der Waals surface area contributed by atoms with E-state index in [0.29, 0.717) is 17.3 Å². The van der Waals surface area contributed by atoms with Crippen molar-refractivity contribution in [2.75, 3.05) is 11.1 Å². The molecule has 1 amide bonds. The monoisotopic (exact) mass is 330 g/mol. The first-order valence-corrected chi connectivity index (χ1v) is 6.96. The van der Waals surface area contributed by atoms with Crippen LogP contribution in [-0.4, -0.2) is 5.91 Å². The quantitative estimate of drug-likeness (QED) is 0.706. The van der Waals surface area contributed by atoms with E-state index in [1.54, 1.807) is 24.3 Å². The Balaban J connectivity index is 2.14. The van der Waals surface area contributed by atoms with Gasteiger partial charge in [-0.25, -0.2) is 8.78 Å². The van der Waals surface area contributed by atoms with E-state index < -0.39 is 28.3 Å². The second-order valence-electron chi connectivity index (χ2n) is 5.19. The molecule has 0 aliphatic carbocycles. The third kappa shape index (κ3) is 2.71. The number of nitrogens with one attached hydrogen (secondary N) is 1. The number of fused-ring (bicyclic) bond motifs is 1. The molecule has 0 fully saturated rings. The van der Waals surface area contributed by atoms with Crippen LogP contribution in [0.5, 0.6) is 0 Å². The number of nitrogens with two attached hydrogens (primary N) is 1. The average Bonchev–Trinajstić information content (AvgIpc) is 2.52. The number of hydrogen-bond acceptors (Lipinski definition) is 4. The van der Waals surface area contributed by atoms with Crippen molar-refractivity contribution in [3.63, 3.8) is 0 Å². The fourth-order valence-corrected chi connectivity index (χ4v) is 2.35. The molecule has 0 saturated carbocycles. The van der Waals surface area contributed by atoms with Gasteiger partial charge < -0.3 is 15.5 Å². The van der Waals surface area contributed by atoms with Gasteiger partial charge in [-0.2, -0.15) is 0 Å². The molecule has 1 aromatic heterocycles. The van der Waals surface area contributed by atoms with Gasteiger partial charge in [0.1, 0.15) is 11.6 Å². The van der Waals surface area contributed by atoms with Crippen LogP contribution in [0.25, 0.3) is 22.3 Å². The summed E-state index contributed by atoms with van der Waals surface area (Å²) in [6.45, 7) is 1.38. The number of halogens is 2. The molecule has 0 aliphatic heterocycles.